The minimum Gasteiger partial charge on any atom is -0.347 e. The molecule has 2 aromatic heterocycles. The molecule has 0 spiro atoms. The molecular formula is C18H16FN5O. The van der Waals surface area contributed by atoms with Crippen molar-refractivity contribution in [3.05, 3.63) is 72.5 Å². The number of amides is 1. The van der Waals surface area contributed by atoms with Crippen molar-refractivity contribution >= 4 is 5.91 Å². The first-order valence-corrected chi connectivity index (χ1v) is 8.07. The van der Waals surface area contributed by atoms with Gasteiger partial charge >= 0.3 is 0 Å². The van der Waals surface area contributed by atoms with E-state index in [1.165, 1.54) is 6.07 Å². The van der Waals surface area contributed by atoms with E-state index >= 15 is 0 Å². The number of hydrogen-bond acceptors (Lipinski definition) is 4. The van der Waals surface area contributed by atoms with Crippen molar-refractivity contribution in [3.63, 3.8) is 0 Å². The summed E-state index contributed by atoms with van der Waals surface area (Å²) < 4.78 is 15.5. The van der Waals surface area contributed by atoms with Crippen LogP contribution >= 0.6 is 0 Å². The molecule has 7 heteroatoms. The molecule has 6 nitrogen and oxygen atoms in total. The third-order valence-corrected chi connectivity index (χ3v) is 4.43. The lowest BCUT2D eigenvalue weighted by molar-refractivity contribution is 0.0897. The molecule has 1 saturated carbocycles. The van der Waals surface area contributed by atoms with Crippen LogP contribution in [0.5, 0.6) is 0 Å². The van der Waals surface area contributed by atoms with Crippen LogP contribution in [0.1, 0.15) is 34.9 Å². The molecular weight excluding hydrogens is 321 g/mol. The summed E-state index contributed by atoms with van der Waals surface area (Å²) in [4.78, 5) is 24.6. The van der Waals surface area contributed by atoms with Gasteiger partial charge in [-0.3, -0.25) is 9.36 Å². The van der Waals surface area contributed by atoms with E-state index in [2.05, 4.69) is 20.3 Å². The SMILES string of the molecule is O=C(N[C@H]1C[C@H](c2ccccc2F)C1)c1nccc(-n2ccnc2)n1. The number of imidazole rings is 1. The summed E-state index contributed by atoms with van der Waals surface area (Å²) in [6, 6.07) is 8.50. The molecule has 1 aromatic carbocycles. The second kappa shape index (κ2) is 6.43. The van der Waals surface area contributed by atoms with Gasteiger partial charge < -0.3 is 5.32 Å². The fraction of sp³-hybridized carbons (Fsp3) is 0.222. The number of carbonyl (C=O) groups is 1. The van der Waals surface area contributed by atoms with Gasteiger partial charge in [0.2, 0.25) is 5.82 Å². The van der Waals surface area contributed by atoms with Gasteiger partial charge in [0, 0.05) is 24.6 Å². The summed E-state index contributed by atoms with van der Waals surface area (Å²) in [7, 11) is 0. The molecule has 0 aliphatic heterocycles. The largest absolute Gasteiger partial charge is 0.347 e. The highest BCUT2D eigenvalue weighted by Gasteiger charge is 2.33. The summed E-state index contributed by atoms with van der Waals surface area (Å²) >= 11 is 0. The van der Waals surface area contributed by atoms with Gasteiger partial charge in [0.15, 0.2) is 0 Å². The Balaban J connectivity index is 1.39. The van der Waals surface area contributed by atoms with Crippen LogP contribution in [0.25, 0.3) is 5.82 Å². The number of hydrogen-bond donors (Lipinski definition) is 1. The molecule has 25 heavy (non-hydrogen) atoms. The number of benzene rings is 1. The molecule has 4 rings (SSSR count). The molecule has 1 amide bonds. The Hall–Kier alpha value is -3.09. The maximum absolute atomic E-state index is 13.8. The van der Waals surface area contributed by atoms with Crippen molar-refractivity contribution in [1.29, 1.82) is 0 Å². The Labute approximate surface area is 143 Å². The first kappa shape index (κ1) is 15.4. The molecule has 2 heterocycles. The van der Waals surface area contributed by atoms with E-state index in [0.29, 0.717) is 24.2 Å². The van der Waals surface area contributed by atoms with Crippen molar-refractivity contribution < 1.29 is 9.18 Å². The summed E-state index contributed by atoms with van der Waals surface area (Å²) in [5.41, 5.74) is 0.714. The smallest absolute Gasteiger partial charge is 0.289 e. The zero-order valence-electron chi connectivity index (χ0n) is 13.3. The van der Waals surface area contributed by atoms with E-state index in [9.17, 15) is 9.18 Å². The van der Waals surface area contributed by atoms with Crippen LogP contribution in [-0.4, -0.2) is 31.5 Å². The maximum atomic E-state index is 13.8. The van der Waals surface area contributed by atoms with Gasteiger partial charge in [0.1, 0.15) is 18.0 Å². The Morgan fingerprint density at radius 2 is 2.04 bits per heavy atom. The molecule has 1 N–H and O–H groups in total. The monoisotopic (exact) mass is 337 g/mol. The minimum absolute atomic E-state index is 0.0117. The van der Waals surface area contributed by atoms with Crippen LogP contribution < -0.4 is 5.32 Å². The average Bonchev–Trinajstić information content (AvgIpc) is 3.13. The fourth-order valence-corrected chi connectivity index (χ4v) is 3.04. The normalized spacial score (nSPS) is 19.2. The topological polar surface area (TPSA) is 72.7 Å². The maximum Gasteiger partial charge on any atom is 0.289 e. The highest BCUT2D eigenvalue weighted by Crippen LogP contribution is 2.37. The molecule has 0 bridgehead atoms. The molecule has 126 valence electrons. The Morgan fingerprint density at radius 1 is 1.20 bits per heavy atom. The second-order valence-corrected chi connectivity index (χ2v) is 6.07. The van der Waals surface area contributed by atoms with Gasteiger partial charge in [0.25, 0.3) is 5.91 Å². The lowest BCUT2D eigenvalue weighted by atomic mass is 9.75. The van der Waals surface area contributed by atoms with E-state index in [4.69, 9.17) is 0 Å². The van der Waals surface area contributed by atoms with Gasteiger partial charge in [-0.2, -0.15) is 0 Å². The minimum atomic E-state index is -0.320. The Morgan fingerprint density at radius 3 is 2.80 bits per heavy atom. The molecule has 0 saturated heterocycles. The van der Waals surface area contributed by atoms with E-state index in [1.807, 2.05) is 6.07 Å². The third-order valence-electron chi connectivity index (χ3n) is 4.43. The van der Waals surface area contributed by atoms with Crippen LogP contribution in [0.4, 0.5) is 4.39 Å². The zero-order chi connectivity index (χ0) is 17.2. The molecule has 1 aliphatic carbocycles. The van der Waals surface area contributed by atoms with E-state index in [-0.39, 0.29) is 29.5 Å². The number of rotatable bonds is 4. The van der Waals surface area contributed by atoms with Gasteiger partial charge in [0.05, 0.1) is 0 Å². The van der Waals surface area contributed by atoms with Gasteiger partial charge in [-0.25, -0.2) is 19.3 Å². The van der Waals surface area contributed by atoms with Crippen LogP contribution in [0.2, 0.25) is 0 Å². The Bertz CT molecular complexity index is 890. The molecule has 0 atom stereocenters. The second-order valence-electron chi connectivity index (χ2n) is 6.07. The number of aromatic nitrogens is 4. The molecule has 1 aliphatic rings. The quantitative estimate of drug-likeness (QED) is 0.794. The van der Waals surface area contributed by atoms with Crippen LogP contribution in [0.15, 0.2) is 55.2 Å². The van der Waals surface area contributed by atoms with Crippen molar-refractivity contribution in [2.45, 2.75) is 24.8 Å². The van der Waals surface area contributed by atoms with Gasteiger partial charge in [-0.1, -0.05) is 18.2 Å². The molecule has 1 fully saturated rings. The Kier molecular flexibility index (Phi) is 3.97. The van der Waals surface area contributed by atoms with E-state index < -0.39 is 0 Å². The van der Waals surface area contributed by atoms with Crippen molar-refractivity contribution in [2.24, 2.45) is 0 Å². The number of nitrogens with zero attached hydrogens (tertiary/aromatic N) is 4. The van der Waals surface area contributed by atoms with Crippen LogP contribution in [-0.2, 0) is 0 Å². The molecule has 0 radical (unpaired) electrons. The van der Waals surface area contributed by atoms with Gasteiger partial charge in [-0.15, -0.1) is 0 Å². The highest BCUT2D eigenvalue weighted by atomic mass is 19.1. The van der Waals surface area contributed by atoms with Crippen LogP contribution in [0.3, 0.4) is 0 Å². The first-order valence-electron chi connectivity index (χ1n) is 8.07. The number of nitrogens with one attached hydrogen (secondary N) is 1. The van der Waals surface area contributed by atoms with Crippen molar-refractivity contribution in [3.8, 4) is 5.82 Å². The zero-order valence-corrected chi connectivity index (χ0v) is 13.3. The molecule has 3 aromatic rings. The summed E-state index contributed by atoms with van der Waals surface area (Å²) in [6.45, 7) is 0. The summed E-state index contributed by atoms with van der Waals surface area (Å²) in [6.07, 6.45) is 7.96. The lowest BCUT2D eigenvalue weighted by Crippen LogP contribution is -2.44. The summed E-state index contributed by atoms with van der Waals surface area (Å²) in [5.74, 6) is 0.327. The first-order chi connectivity index (χ1) is 12.2. The van der Waals surface area contributed by atoms with E-state index in [1.54, 1.807) is 47.7 Å². The van der Waals surface area contributed by atoms with E-state index in [0.717, 1.165) is 0 Å². The predicted octanol–water partition coefficient (Wildman–Crippen LogP) is 2.48. The van der Waals surface area contributed by atoms with Crippen molar-refractivity contribution in [2.75, 3.05) is 0 Å². The third kappa shape index (κ3) is 3.13. The average molecular weight is 337 g/mol. The number of halogens is 1. The van der Waals surface area contributed by atoms with Crippen molar-refractivity contribution in [1.82, 2.24) is 24.8 Å². The molecule has 0 unspecified atom stereocenters. The predicted molar refractivity (Wildman–Crippen MR) is 88.8 cm³/mol. The van der Waals surface area contributed by atoms with Gasteiger partial charge in [-0.05, 0) is 36.5 Å². The highest BCUT2D eigenvalue weighted by molar-refractivity contribution is 5.90. The summed E-state index contributed by atoms with van der Waals surface area (Å²) in [5, 5.41) is 2.91. The lowest BCUT2D eigenvalue weighted by Gasteiger charge is -2.36. The fourth-order valence-electron chi connectivity index (χ4n) is 3.04. The van der Waals surface area contributed by atoms with Crippen LogP contribution in [0, 0.1) is 5.82 Å². The standard InChI is InChI=1S/C18H16FN5O/c19-15-4-2-1-3-14(15)12-9-13(10-12)22-18(25)17-21-6-5-16(23-17)24-8-7-20-11-24/h1-8,11-13H,9-10H2,(H,22,25)/t12-,13-. The number of carbonyl (C=O) groups excluding carboxylic acids is 1.